The van der Waals surface area contributed by atoms with Crippen molar-refractivity contribution in [2.75, 3.05) is 6.61 Å². The van der Waals surface area contributed by atoms with E-state index in [1.165, 1.54) is 0 Å². The Labute approximate surface area is 256 Å². The van der Waals surface area contributed by atoms with E-state index >= 15 is 0 Å². The molecule has 0 radical (unpaired) electrons. The van der Waals surface area contributed by atoms with Crippen molar-refractivity contribution in [2.45, 2.75) is 83.0 Å². The maximum absolute atomic E-state index is 12.8. The average Bonchev–Trinajstić information content (AvgIpc) is 2.96. The Morgan fingerprint density at radius 1 is 1.00 bits per heavy atom. The van der Waals surface area contributed by atoms with Crippen molar-refractivity contribution < 1.29 is 108 Å². The minimum atomic E-state index is -5.09. The Morgan fingerprint density at radius 3 is 2.22 bits per heavy atom. The Balaban J connectivity index is 0.00000228. The summed E-state index contributed by atoms with van der Waals surface area (Å²) in [7, 11) is -9.89. The monoisotopic (exact) mass is 570 g/mol. The summed E-state index contributed by atoms with van der Waals surface area (Å²) in [5.74, 6) is -1.05. The second-order valence-corrected chi connectivity index (χ2v) is 13.2. The first-order valence-electron chi connectivity index (χ1n) is 11.7. The molecule has 0 aromatic heterocycles. The molecule has 0 aromatic rings. The van der Waals surface area contributed by atoms with Crippen molar-refractivity contribution in [2.24, 2.45) is 34.5 Å². The molecule has 0 aliphatic heterocycles. The fraction of sp³-hybridized carbons (Fsp3) is 0.952. The van der Waals surface area contributed by atoms with Crippen molar-refractivity contribution in [1.82, 2.24) is 0 Å². The van der Waals surface area contributed by atoms with Gasteiger partial charge in [-0.1, -0.05) is 13.8 Å². The van der Waals surface area contributed by atoms with Gasteiger partial charge in [-0.3, -0.25) is 13.2 Å². The van der Waals surface area contributed by atoms with Crippen LogP contribution in [-0.2, 0) is 34.0 Å². The van der Waals surface area contributed by atoms with Gasteiger partial charge in [0.15, 0.2) is 5.78 Å². The number of Topliss-reactive ketones (excluding diaryl/α,β-unsaturated/α-hetero) is 1. The van der Waals surface area contributed by atoms with Crippen LogP contribution in [0.1, 0.15) is 65.2 Å². The summed E-state index contributed by atoms with van der Waals surface area (Å²) >= 11 is 0. The van der Waals surface area contributed by atoms with E-state index in [2.05, 4.69) is 11.1 Å². The summed E-state index contributed by atoms with van der Waals surface area (Å²) in [4.78, 5) is 12.8. The zero-order chi connectivity index (χ0) is 25.3. The van der Waals surface area contributed by atoms with E-state index in [4.69, 9.17) is 4.18 Å². The minimum absolute atomic E-state index is 0. The molecule has 11 nitrogen and oxygen atoms in total. The van der Waals surface area contributed by atoms with Crippen molar-refractivity contribution in [1.29, 1.82) is 0 Å². The molecule has 4 saturated carbocycles. The van der Waals surface area contributed by atoms with Crippen LogP contribution in [0.2, 0.25) is 0 Å². The summed E-state index contributed by atoms with van der Waals surface area (Å²) < 4.78 is 74.5. The molecule has 196 valence electrons. The van der Waals surface area contributed by atoms with E-state index in [-0.39, 0.29) is 101 Å². The number of rotatable bonds is 6. The van der Waals surface area contributed by atoms with Crippen LogP contribution in [-0.4, -0.2) is 66.4 Å². The maximum Gasteiger partial charge on any atom is 1.00 e. The molecule has 36 heavy (non-hydrogen) atoms. The second-order valence-electron chi connectivity index (χ2n) is 11.2. The zero-order valence-corrected chi connectivity index (χ0v) is 26.8. The molecule has 0 amide bonds. The fourth-order valence-electron chi connectivity index (χ4n) is 8.31. The van der Waals surface area contributed by atoms with Crippen molar-refractivity contribution >= 4 is 26.6 Å². The van der Waals surface area contributed by atoms with Gasteiger partial charge in [-0.2, -0.15) is 0 Å². The minimum Gasteiger partial charge on any atom is -0.726 e. The predicted octanol–water partition coefficient (Wildman–Crippen LogP) is -5.37. The van der Waals surface area contributed by atoms with Gasteiger partial charge in [-0.05, 0) is 80.5 Å². The molecular weight excluding hydrogens is 538 g/mol. The number of hydrogen-bond acceptors (Lipinski definition) is 11. The molecule has 4 fully saturated rings. The van der Waals surface area contributed by atoms with Gasteiger partial charge < -0.3 is 19.3 Å². The molecule has 9 atom stereocenters. The van der Waals surface area contributed by atoms with Gasteiger partial charge in [-0.15, -0.1) is 0 Å². The third kappa shape index (κ3) is 6.00. The van der Waals surface area contributed by atoms with Crippen molar-refractivity contribution in [3.05, 3.63) is 0 Å². The molecule has 4 rings (SSSR count). The Bertz CT molecular complexity index is 1050. The van der Waals surface area contributed by atoms with E-state index in [0.29, 0.717) is 32.1 Å². The van der Waals surface area contributed by atoms with E-state index in [1.807, 2.05) is 0 Å². The SMILES string of the molecule is C[C@]12CC[C@@H](OS(=O)(=O)[O-])C[C@@H]1CC[C@@H]1[C@@H]2[C@@H](O)C[C@@]2(C)[C@H]1CC[C@]2(O)C(=O)COS(=O)(=O)[O-].[Na+].[Na+]. The molecule has 0 heterocycles. The number of ketones is 1. The van der Waals surface area contributed by atoms with Crippen LogP contribution in [0.5, 0.6) is 0 Å². The summed E-state index contributed by atoms with van der Waals surface area (Å²) in [5, 5.41) is 22.8. The van der Waals surface area contributed by atoms with Crippen molar-refractivity contribution in [3.63, 3.8) is 0 Å². The van der Waals surface area contributed by atoms with E-state index < -0.39 is 56.4 Å². The van der Waals surface area contributed by atoms with E-state index in [9.17, 15) is 40.9 Å². The van der Waals surface area contributed by atoms with Gasteiger partial charge in [-0.25, -0.2) is 16.8 Å². The maximum atomic E-state index is 12.8. The van der Waals surface area contributed by atoms with Crippen LogP contribution in [0, 0.1) is 34.5 Å². The molecule has 4 aliphatic carbocycles. The molecule has 0 bridgehead atoms. The fourth-order valence-corrected chi connectivity index (χ4v) is 9.07. The number of fused-ring (bicyclic) bond motifs is 5. The second kappa shape index (κ2) is 11.3. The van der Waals surface area contributed by atoms with Gasteiger partial charge >= 0.3 is 59.1 Å². The van der Waals surface area contributed by atoms with Gasteiger partial charge in [0.05, 0.1) is 12.2 Å². The number of hydrogen-bond donors (Lipinski definition) is 2. The van der Waals surface area contributed by atoms with E-state index in [1.54, 1.807) is 6.92 Å². The molecule has 0 aromatic carbocycles. The summed E-state index contributed by atoms with van der Waals surface area (Å²) in [5.41, 5.74) is -3.25. The standard InChI is InChI=1S/C21H34O11S2.2Na/c1-19-7-5-13(32-34(28,29)30)9-12(19)3-4-14-15-6-8-21(24,17(23)11-31-33(25,26)27)20(15,2)10-16(22)18(14)19;;/h12-16,18,22,24H,3-11H2,1-2H3,(H,25,26,27)(H,28,29,30);;/q;2*+1/p-2/t12-,13+,14-,15-,16-,18+,19-,20-,21-;;/m0../s1. The van der Waals surface area contributed by atoms with Crippen LogP contribution in [0.15, 0.2) is 0 Å². The van der Waals surface area contributed by atoms with Gasteiger partial charge in [0, 0.05) is 5.41 Å². The first kappa shape index (κ1) is 33.5. The number of aliphatic hydroxyl groups excluding tert-OH is 1. The van der Waals surface area contributed by atoms with Crippen LogP contribution < -0.4 is 59.1 Å². The molecule has 15 heteroatoms. The zero-order valence-electron chi connectivity index (χ0n) is 21.2. The first-order chi connectivity index (χ1) is 15.5. The number of aliphatic hydroxyl groups is 2. The summed E-state index contributed by atoms with van der Waals surface area (Å²) in [6.07, 6.45) is 2.03. The third-order valence-electron chi connectivity index (χ3n) is 9.75. The Hall–Kier alpha value is 1.33. The molecule has 0 spiro atoms. The first-order valence-corrected chi connectivity index (χ1v) is 14.3. The van der Waals surface area contributed by atoms with Crippen LogP contribution >= 0.6 is 0 Å². The Morgan fingerprint density at radius 2 is 1.64 bits per heavy atom. The van der Waals surface area contributed by atoms with Crippen LogP contribution in [0.4, 0.5) is 0 Å². The topological polar surface area (TPSA) is 190 Å². The molecule has 0 unspecified atom stereocenters. The van der Waals surface area contributed by atoms with Gasteiger partial charge in [0.25, 0.3) is 0 Å². The molecule has 2 N–H and O–H groups in total. The normalized spacial score (nSPS) is 44.3. The van der Waals surface area contributed by atoms with Gasteiger partial charge in [0.2, 0.25) is 20.8 Å². The quantitative estimate of drug-likeness (QED) is 0.176. The summed E-state index contributed by atoms with van der Waals surface area (Å²) in [6, 6.07) is 0. The number of carbonyl (C=O) groups excluding carboxylic acids is 1. The summed E-state index contributed by atoms with van der Waals surface area (Å²) in [6.45, 7) is 2.78. The van der Waals surface area contributed by atoms with Crippen LogP contribution in [0.25, 0.3) is 0 Å². The Kier molecular flexibility index (Phi) is 10.5. The predicted molar refractivity (Wildman–Crippen MR) is 113 cm³/mol. The van der Waals surface area contributed by atoms with E-state index in [0.717, 1.165) is 6.42 Å². The molecular formula is C21H32Na2O11S2. The van der Waals surface area contributed by atoms with Crippen molar-refractivity contribution in [3.8, 4) is 0 Å². The average molecular weight is 571 g/mol. The third-order valence-corrected chi connectivity index (χ3v) is 10.7. The number of carbonyl (C=O) groups is 1. The smallest absolute Gasteiger partial charge is 0.726 e. The molecule has 4 aliphatic rings. The van der Waals surface area contributed by atoms with Crippen LogP contribution in [0.3, 0.4) is 0 Å². The van der Waals surface area contributed by atoms with Gasteiger partial charge in [0.1, 0.15) is 12.2 Å². The molecule has 0 saturated heterocycles. The largest absolute Gasteiger partial charge is 1.00 e.